The Kier molecular flexibility index (Phi) is 5.89. The van der Waals surface area contributed by atoms with Crippen molar-refractivity contribution in [2.75, 3.05) is 31.1 Å². The fourth-order valence-electron chi connectivity index (χ4n) is 4.32. The van der Waals surface area contributed by atoms with E-state index in [0.717, 1.165) is 16.7 Å². The minimum absolute atomic E-state index is 0.0133. The summed E-state index contributed by atoms with van der Waals surface area (Å²) in [5.74, 6) is -0.210. The lowest BCUT2D eigenvalue weighted by Gasteiger charge is -2.36. The van der Waals surface area contributed by atoms with Crippen LogP contribution in [0.2, 0.25) is 0 Å². The van der Waals surface area contributed by atoms with E-state index in [9.17, 15) is 9.18 Å². The average molecular weight is 441 g/mol. The summed E-state index contributed by atoms with van der Waals surface area (Å²) in [4.78, 5) is 17.3. The Morgan fingerprint density at radius 3 is 2.30 bits per heavy atom. The lowest BCUT2D eigenvalue weighted by atomic mass is 9.97. The van der Waals surface area contributed by atoms with Crippen molar-refractivity contribution in [2.45, 2.75) is 6.54 Å². The monoisotopic (exact) mass is 440 g/mol. The maximum absolute atomic E-state index is 14.1. The van der Waals surface area contributed by atoms with Gasteiger partial charge in [-0.05, 0) is 41.0 Å². The zero-order chi connectivity index (χ0) is 22.6. The molecule has 0 unspecified atom stereocenters. The Hall–Kier alpha value is -3.93. The molecule has 0 N–H and O–H groups in total. The second-order valence-electron chi connectivity index (χ2n) is 8.18. The summed E-state index contributed by atoms with van der Waals surface area (Å²) in [6, 6.07) is 24.7. The maximum atomic E-state index is 14.1. The van der Waals surface area contributed by atoms with E-state index in [4.69, 9.17) is 0 Å². The molecule has 0 aliphatic carbocycles. The lowest BCUT2D eigenvalue weighted by Crippen LogP contribution is -2.49. The molecule has 5 rings (SSSR count). The van der Waals surface area contributed by atoms with Gasteiger partial charge in [0.1, 0.15) is 5.82 Å². The molecule has 0 bridgehead atoms. The van der Waals surface area contributed by atoms with Crippen LogP contribution in [-0.4, -0.2) is 46.8 Å². The van der Waals surface area contributed by atoms with Crippen molar-refractivity contribution in [2.24, 2.45) is 0 Å². The predicted octanol–water partition coefficient (Wildman–Crippen LogP) is 4.70. The maximum Gasteiger partial charge on any atom is 0.254 e. The van der Waals surface area contributed by atoms with Crippen LogP contribution in [0.4, 0.5) is 10.1 Å². The van der Waals surface area contributed by atoms with Crippen LogP contribution in [0.25, 0.3) is 11.1 Å². The number of halogens is 1. The molecular formula is C27H25FN4O. The second kappa shape index (κ2) is 9.28. The molecule has 4 aromatic rings. The van der Waals surface area contributed by atoms with Crippen molar-refractivity contribution in [3.05, 3.63) is 108 Å². The minimum Gasteiger partial charge on any atom is -0.366 e. The van der Waals surface area contributed by atoms with Crippen molar-refractivity contribution < 1.29 is 9.18 Å². The highest BCUT2D eigenvalue weighted by molar-refractivity contribution is 6.01. The molecule has 1 aromatic heterocycles. The zero-order valence-electron chi connectivity index (χ0n) is 18.3. The summed E-state index contributed by atoms with van der Waals surface area (Å²) in [5, 5.41) is 4.25. The Morgan fingerprint density at radius 1 is 0.848 bits per heavy atom. The predicted molar refractivity (Wildman–Crippen MR) is 128 cm³/mol. The molecule has 166 valence electrons. The molecule has 3 aromatic carbocycles. The number of hydrogen-bond donors (Lipinski definition) is 0. The minimum atomic E-state index is -0.223. The van der Waals surface area contributed by atoms with E-state index in [1.807, 2.05) is 57.1 Å². The number of amides is 1. The van der Waals surface area contributed by atoms with Crippen LogP contribution in [0.15, 0.2) is 91.3 Å². The van der Waals surface area contributed by atoms with Crippen molar-refractivity contribution in [1.29, 1.82) is 0 Å². The first kappa shape index (κ1) is 20.9. The fraction of sp³-hybridized carbons (Fsp3) is 0.185. The third-order valence-electron chi connectivity index (χ3n) is 6.09. The van der Waals surface area contributed by atoms with Crippen LogP contribution in [-0.2, 0) is 6.54 Å². The van der Waals surface area contributed by atoms with E-state index in [-0.39, 0.29) is 11.7 Å². The molecule has 0 saturated carbocycles. The number of carbonyl (C=O) groups excluding carboxylic acids is 1. The van der Waals surface area contributed by atoms with Crippen LogP contribution < -0.4 is 4.90 Å². The first-order valence-electron chi connectivity index (χ1n) is 11.1. The highest BCUT2D eigenvalue weighted by Gasteiger charge is 2.25. The number of carbonyl (C=O) groups is 1. The Labute approximate surface area is 192 Å². The van der Waals surface area contributed by atoms with Crippen LogP contribution >= 0.6 is 0 Å². The third-order valence-corrected chi connectivity index (χ3v) is 6.09. The third kappa shape index (κ3) is 4.51. The van der Waals surface area contributed by atoms with Gasteiger partial charge >= 0.3 is 0 Å². The fourth-order valence-corrected chi connectivity index (χ4v) is 4.32. The lowest BCUT2D eigenvalue weighted by molar-refractivity contribution is 0.0747. The van der Waals surface area contributed by atoms with Gasteiger partial charge in [-0.3, -0.25) is 9.48 Å². The van der Waals surface area contributed by atoms with Crippen molar-refractivity contribution in [1.82, 2.24) is 14.7 Å². The molecule has 5 nitrogen and oxygen atoms in total. The van der Waals surface area contributed by atoms with Gasteiger partial charge in [-0.25, -0.2) is 4.39 Å². The molecule has 33 heavy (non-hydrogen) atoms. The normalized spacial score (nSPS) is 13.8. The van der Waals surface area contributed by atoms with Crippen molar-refractivity contribution in [3.8, 4) is 11.1 Å². The first-order chi connectivity index (χ1) is 16.2. The Bertz CT molecular complexity index is 1230. The molecule has 1 amide bonds. The van der Waals surface area contributed by atoms with Gasteiger partial charge in [-0.2, -0.15) is 5.10 Å². The number of nitrogens with zero attached hydrogens (tertiary/aromatic N) is 4. The molecule has 1 saturated heterocycles. The van der Waals surface area contributed by atoms with E-state index in [1.54, 1.807) is 18.3 Å². The molecule has 1 aliphatic heterocycles. The van der Waals surface area contributed by atoms with Gasteiger partial charge < -0.3 is 9.80 Å². The van der Waals surface area contributed by atoms with Crippen LogP contribution in [0.3, 0.4) is 0 Å². The largest absolute Gasteiger partial charge is 0.366 e. The summed E-state index contributed by atoms with van der Waals surface area (Å²) in [6.45, 7) is 3.04. The highest BCUT2D eigenvalue weighted by Crippen LogP contribution is 2.27. The van der Waals surface area contributed by atoms with Crippen LogP contribution in [0, 0.1) is 5.82 Å². The molecule has 1 fully saturated rings. The topological polar surface area (TPSA) is 41.4 Å². The van der Waals surface area contributed by atoms with E-state index >= 15 is 0 Å². The molecule has 0 radical (unpaired) electrons. The van der Waals surface area contributed by atoms with Gasteiger partial charge in [0.05, 0.1) is 12.2 Å². The Morgan fingerprint density at radius 2 is 1.58 bits per heavy atom. The quantitative estimate of drug-likeness (QED) is 0.452. The summed E-state index contributed by atoms with van der Waals surface area (Å²) >= 11 is 0. The Balaban J connectivity index is 1.31. The van der Waals surface area contributed by atoms with E-state index in [2.05, 4.69) is 29.4 Å². The highest BCUT2D eigenvalue weighted by atomic mass is 19.1. The number of hydrogen-bond acceptors (Lipinski definition) is 3. The summed E-state index contributed by atoms with van der Waals surface area (Å²) in [7, 11) is 0. The SMILES string of the molecule is O=C(c1ccccc1-c1ccc(Cn2cccn2)cc1)N1CCN(c2ccccc2F)CC1. The number of benzene rings is 3. The first-order valence-corrected chi connectivity index (χ1v) is 11.1. The van der Waals surface area contributed by atoms with Crippen LogP contribution in [0.1, 0.15) is 15.9 Å². The summed E-state index contributed by atoms with van der Waals surface area (Å²) in [5.41, 5.74) is 4.37. The van der Waals surface area contributed by atoms with E-state index in [0.29, 0.717) is 44.0 Å². The van der Waals surface area contributed by atoms with Gasteiger partial charge in [0.25, 0.3) is 5.91 Å². The molecular weight excluding hydrogens is 415 g/mol. The number of piperazine rings is 1. The van der Waals surface area contributed by atoms with Crippen molar-refractivity contribution >= 4 is 11.6 Å². The number of anilines is 1. The van der Waals surface area contributed by atoms with Gasteiger partial charge in [0.2, 0.25) is 0 Å². The standard InChI is InChI=1S/C27H25FN4O/c28-25-8-3-4-9-26(25)30-16-18-31(19-17-30)27(33)24-7-2-1-6-23(24)22-12-10-21(11-13-22)20-32-15-5-14-29-32/h1-15H,16-20H2. The van der Waals surface area contributed by atoms with Gasteiger partial charge in [0.15, 0.2) is 0 Å². The molecule has 0 atom stereocenters. The summed E-state index contributed by atoms with van der Waals surface area (Å²) < 4.78 is 16.0. The van der Waals surface area contributed by atoms with E-state index < -0.39 is 0 Å². The zero-order valence-corrected chi connectivity index (χ0v) is 18.3. The average Bonchev–Trinajstić information content (AvgIpc) is 3.38. The van der Waals surface area contributed by atoms with Crippen molar-refractivity contribution in [3.63, 3.8) is 0 Å². The van der Waals surface area contributed by atoms with Crippen LogP contribution in [0.5, 0.6) is 0 Å². The number of aromatic nitrogens is 2. The summed E-state index contributed by atoms with van der Waals surface area (Å²) in [6.07, 6.45) is 3.71. The van der Waals surface area contributed by atoms with Gasteiger partial charge in [0, 0.05) is 44.1 Å². The smallest absolute Gasteiger partial charge is 0.254 e. The molecule has 6 heteroatoms. The molecule has 1 aliphatic rings. The molecule has 2 heterocycles. The van der Waals surface area contributed by atoms with Gasteiger partial charge in [-0.1, -0.05) is 54.6 Å². The number of para-hydroxylation sites is 1. The van der Waals surface area contributed by atoms with E-state index in [1.165, 1.54) is 6.07 Å². The molecule has 0 spiro atoms. The number of rotatable bonds is 5. The van der Waals surface area contributed by atoms with Gasteiger partial charge in [-0.15, -0.1) is 0 Å². The second-order valence-corrected chi connectivity index (χ2v) is 8.18.